The standard InChI is InChI=1S/C20H17N5O3S/c1-11-7-8-29-18(11)14-10-25(23-22-14)15-4-2-3-12-13(15)9-24(20(12)28)16-5-6-17(26)21-19(16)27/h2-4,7-8,10,16H,5-6,9H2,1H3,(H,21,26,27). The van der Waals surface area contributed by atoms with Crippen LogP contribution in [0.4, 0.5) is 0 Å². The van der Waals surface area contributed by atoms with Crippen LogP contribution >= 0.6 is 11.3 Å². The number of rotatable bonds is 3. The first kappa shape index (κ1) is 17.7. The van der Waals surface area contributed by atoms with Crippen LogP contribution in [0.5, 0.6) is 0 Å². The van der Waals surface area contributed by atoms with Gasteiger partial charge in [0.1, 0.15) is 11.7 Å². The first-order valence-corrected chi connectivity index (χ1v) is 10.1. The molecule has 29 heavy (non-hydrogen) atoms. The zero-order valence-corrected chi connectivity index (χ0v) is 16.4. The second-order valence-electron chi connectivity index (χ2n) is 7.18. The summed E-state index contributed by atoms with van der Waals surface area (Å²) in [5, 5.41) is 12.9. The van der Waals surface area contributed by atoms with Crippen molar-refractivity contribution in [3.63, 3.8) is 0 Å². The minimum Gasteiger partial charge on any atom is -0.322 e. The summed E-state index contributed by atoms with van der Waals surface area (Å²) in [7, 11) is 0. The lowest BCUT2D eigenvalue weighted by atomic mass is 10.0. The Labute approximate surface area is 170 Å². The summed E-state index contributed by atoms with van der Waals surface area (Å²) >= 11 is 1.61. The number of imide groups is 1. The maximum absolute atomic E-state index is 13.0. The van der Waals surface area contributed by atoms with Crippen LogP contribution in [-0.4, -0.2) is 43.7 Å². The van der Waals surface area contributed by atoms with Crippen LogP contribution in [0, 0.1) is 6.92 Å². The Hall–Kier alpha value is -3.33. The van der Waals surface area contributed by atoms with Gasteiger partial charge in [-0.05, 0) is 42.5 Å². The van der Waals surface area contributed by atoms with Crippen LogP contribution in [0.1, 0.15) is 34.3 Å². The van der Waals surface area contributed by atoms with E-state index in [1.54, 1.807) is 28.2 Å². The van der Waals surface area contributed by atoms with Crippen molar-refractivity contribution in [2.24, 2.45) is 0 Å². The number of carbonyl (C=O) groups excluding carboxylic acids is 3. The number of fused-ring (bicyclic) bond motifs is 1. The lowest BCUT2D eigenvalue weighted by molar-refractivity contribution is -0.136. The molecule has 1 N–H and O–H groups in total. The van der Waals surface area contributed by atoms with Gasteiger partial charge in [0.15, 0.2) is 0 Å². The van der Waals surface area contributed by atoms with Crippen molar-refractivity contribution >= 4 is 29.1 Å². The molecule has 3 aromatic rings. The molecule has 3 amide bonds. The average molecular weight is 407 g/mol. The Bertz CT molecular complexity index is 1160. The van der Waals surface area contributed by atoms with Crippen molar-refractivity contribution in [3.8, 4) is 16.3 Å². The molecule has 2 aromatic heterocycles. The van der Waals surface area contributed by atoms with Gasteiger partial charge >= 0.3 is 0 Å². The van der Waals surface area contributed by atoms with Crippen molar-refractivity contribution < 1.29 is 14.4 Å². The zero-order chi connectivity index (χ0) is 20.1. The normalized spacial score (nSPS) is 18.9. The maximum Gasteiger partial charge on any atom is 0.255 e. The number of nitrogens with zero attached hydrogens (tertiary/aromatic N) is 4. The molecule has 1 unspecified atom stereocenters. The molecular formula is C20H17N5O3S. The monoisotopic (exact) mass is 407 g/mol. The molecule has 0 radical (unpaired) electrons. The smallest absolute Gasteiger partial charge is 0.255 e. The maximum atomic E-state index is 13.0. The predicted octanol–water partition coefficient (Wildman–Crippen LogP) is 2.07. The van der Waals surface area contributed by atoms with E-state index in [0.29, 0.717) is 18.5 Å². The Morgan fingerprint density at radius 1 is 1.21 bits per heavy atom. The summed E-state index contributed by atoms with van der Waals surface area (Å²) in [4.78, 5) is 39.3. The topological polar surface area (TPSA) is 97.2 Å². The number of hydrogen-bond acceptors (Lipinski definition) is 6. The average Bonchev–Trinajstić information content (AvgIpc) is 3.41. The van der Waals surface area contributed by atoms with Crippen LogP contribution in [0.2, 0.25) is 0 Å². The molecule has 146 valence electrons. The number of hydrogen-bond donors (Lipinski definition) is 1. The Morgan fingerprint density at radius 3 is 2.83 bits per heavy atom. The molecular weight excluding hydrogens is 390 g/mol. The molecule has 0 spiro atoms. The van der Waals surface area contributed by atoms with E-state index < -0.39 is 11.9 Å². The number of amides is 3. The third kappa shape index (κ3) is 2.85. The summed E-state index contributed by atoms with van der Waals surface area (Å²) < 4.78 is 1.68. The third-order valence-corrected chi connectivity index (χ3v) is 6.43. The first-order valence-electron chi connectivity index (χ1n) is 9.26. The highest BCUT2D eigenvalue weighted by atomic mass is 32.1. The van der Waals surface area contributed by atoms with Gasteiger partial charge in [-0.25, -0.2) is 4.68 Å². The number of nitrogens with one attached hydrogen (secondary N) is 1. The fourth-order valence-corrected chi connectivity index (χ4v) is 4.78. The van der Waals surface area contributed by atoms with Gasteiger partial charge < -0.3 is 4.90 Å². The third-order valence-electron chi connectivity index (χ3n) is 5.39. The molecule has 2 aliphatic heterocycles. The lowest BCUT2D eigenvalue weighted by Crippen LogP contribution is -2.52. The number of aromatic nitrogens is 3. The molecule has 1 aromatic carbocycles. The van der Waals surface area contributed by atoms with Crippen molar-refractivity contribution in [2.45, 2.75) is 32.4 Å². The van der Waals surface area contributed by atoms with E-state index in [4.69, 9.17) is 0 Å². The molecule has 4 heterocycles. The van der Waals surface area contributed by atoms with Gasteiger partial charge in [-0.3, -0.25) is 19.7 Å². The molecule has 1 saturated heterocycles. The van der Waals surface area contributed by atoms with E-state index in [1.165, 1.54) is 4.90 Å². The molecule has 8 nitrogen and oxygen atoms in total. The second kappa shape index (κ2) is 6.63. The highest BCUT2D eigenvalue weighted by Gasteiger charge is 2.40. The van der Waals surface area contributed by atoms with Crippen LogP contribution in [-0.2, 0) is 16.1 Å². The van der Waals surface area contributed by atoms with Gasteiger partial charge in [0, 0.05) is 24.1 Å². The van der Waals surface area contributed by atoms with Gasteiger partial charge in [-0.2, -0.15) is 0 Å². The van der Waals surface area contributed by atoms with Crippen LogP contribution < -0.4 is 5.32 Å². The minimum atomic E-state index is -0.638. The summed E-state index contributed by atoms with van der Waals surface area (Å²) in [6, 6.07) is 6.85. The number of benzene rings is 1. The SMILES string of the molecule is Cc1ccsc1-c1cn(-c2cccc3c2CN(C2CCC(=O)NC2=O)C3=O)nn1. The minimum absolute atomic E-state index is 0.203. The Morgan fingerprint density at radius 2 is 2.07 bits per heavy atom. The fourth-order valence-electron chi connectivity index (χ4n) is 3.90. The highest BCUT2D eigenvalue weighted by molar-refractivity contribution is 7.13. The summed E-state index contributed by atoms with van der Waals surface area (Å²) in [6.07, 6.45) is 2.43. The molecule has 0 saturated carbocycles. The Kier molecular flexibility index (Phi) is 4.06. The van der Waals surface area contributed by atoms with Crippen molar-refractivity contribution in [2.75, 3.05) is 0 Å². The fraction of sp³-hybridized carbons (Fsp3) is 0.250. The Balaban J connectivity index is 1.49. The molecule has 9 heteroatoms. The number of carbonyl (C=O) groups is 3. The first-order chi connectivity index (χ1) is 14.0. The lowest BCUT2D eigenvalue weighted by Gasteiger charge is -2.29. The van der Waals surface area contributed by atoms with E-state index in [9.17, 15) is 14.4 Å². The summed E-state index contributed by atoms with van der Waals surface area (Å²) in [6.45, 7) is 2.32. The van der Waals surface area contributed by atoms with E-state index in [2.05, 4.69) is 15.6 Å². The summed E-state index contributed by atoms with van der Waals surface area (Å²) in [5.74, 6) is -0.916. The number of thiophene rings is 1. The van der Waals surface area contributed by atoms with Gasteiger partial charge in [0.2, 0.25) is 11.8 Å². The van der Waals surface area contributed by atoms with Crippen molar-refractivity contribution in [1.82, 2.24) is 25.2 Å². The van der Waals surface area contributed by atoms with Crippen LogP contribution in [0.25, 0.3) is 16.3 Å². The van der Waals surface area contributed by atoms with Crippen LogP contribution in [0.15, 0.2) is 35.8 Å². The molecule has 5 rings (SSSR count). The van der Waals surface area contributed by atoms with E-state index >= 15 is 0 Å². The molecule has 0 aliphatic carbocycles. The van der Waals surface area contributed by atoms with Crippen LogP contribution in [0.3, 0.4) is 0 Å². The molecule has 0 bridgehead atoms. The molecule has 1 atom stereocenters. The zero-order valence-electron chi connectivity index (χ0n) is 15.6. The van der Waals surface area contributed by atoms with Crippen molar-refractivity contribution in [3.05, 3.63) is 52.5 Å². The molecule has 2 aliphatic rings. The summed E-state index contributed by atoms with van der Waals surface area (Å²) in [5.41, 5.74) is 4.04. The van der Waals surface area contributed by atoms with E-state index in [-0.39, 0.29) is 18.2 Å². The number of aryl methyl sites for hydroxylation is 1. The quantitative estimate of drug-likeness (QED) is 0.671. The van der Waals surface area contributed by atoms with Gasteiger partial charge in [-0.15, -0.1) is 16.4 Å². The predicted molar refractivity (Wildman–Crippen MR) is 105 cm³/mol. The van der Waals surface area contributed by atoms with E-state index in [1.807, 2.05) is 30.6 Å². The highest BCUT2D eigenvalue weighted by Crippen LogP contribution is 2.32. The van der Waals surface area contributed by atoms with Gasteiger partial charge in [0.25, 0.3) is 5.91 Å². The van der Waals surface area contributed by atoms with Gasteiger partial charge in [-0.1, -0.05) is 11.3 Å². The van der Waals surface area contributed by atoms with Gasteiger partial charge in [0.05, 0.1) is 16.8 Å². The largest absolute Gasteiger partial charge is 0.322 e. The molecule has 1 fully saturated rings. The van der Waals surface area contributed by atoms with E-state index in [0.717, 1.165) is 27.4 Å². The second-order valence-corrected chi connectivity index (χ2v) is 8.10. The number of piperidine rings is 1. The van der Waals surface area contributed by atoms with Crippen molar-refractivity contribution in [1.29, 1.82) is 0 Å².